The molecule has 3 saturated carbocycles. The molecule has 3 heterocycles. The molecule has 0 bridgehead atoms. The van der Waals surface area contributed by atoms with Crippen molar-refractivity contribution in [3.8, 4) is 0 Å². The van der Waals surface area contributed by atoms with Gasteiger partial charge in [-0.15, -0.1) is 0 Å². The standard InChI is InChI=1S/C26H34N4O/c1-25-13-11-18-16(7-10-21-26(18,2)14-12-22(31)30(21)4)17(25)8-9-19(25)24-28-23-20(29(24)3)6-5-15-27-23/h5-6,12,14-19,21H,7-11,13H2,1-4H3/t16?,17?,18?,19-,21?,25?,26-/m1/s1. The lowest BCUT2D eigenvalue weighted by Crippen LogP contribution is -2.59. The SMILES string of the molecule is CN1C(=O)C=C[C@]2(C)C3CCC4(C)C(CC[C@@H]4c4nc5ncccc5n4C)C3CCC12. The molecular weight excluding hydrogens is 384 g/mol. The van der Waals surface area contributed by atoms with Gasteiger partial charge in [0, 0.05) is 37.7 Å². The molecule has 6 rings (SSSR count). The second kappa shape index (κ2) is 6.43. The van der Waals surface area contributed by atoms with Crippen molar-refractivity contribution in [3.05, 3.63) is 36.3 Å². The first-order valence-electron chi connectivity index (χ1n) is 12.1. The molecular formula is C26H34N4O. The lowest BCUT2D eigenvalue weighted by atomic mass is 9.47. The number of fused-ring (bicyclic) bond motifs is 6. The van der Waals surface area contributed by atoms with Crippen LogP contribution in [0.5, 0.6) is 0 Å². The normalized spacial score (nSPS) is 41.9. The van der Waals surface area contributed by atoms with Gasteiger partial charge >= 0.3 is 0 Å². The van der Waals surface area contributed by atoms with E-state index in [1.54, 1.807) is 0 Å². The summed E-state index contributed by atoms with van der Waals surface area (Å²) in [7, 11) is 4.17. The van der Waals surface area contributed by atoms with Gasteiger partial charge in [0.1, 0.15) is 5.82 Å². The van der Waals surface area contributed by atoms with E-state index in [-0.39, 0.29) is 11.3 Å². The number of amides is 1. The van der Waals surface area contributed by atoms with Crippen molar-refractivity contribution in [2.45, 2.75) is 64.3 Å². The second-order valence-corrected chi connectivity index (χ2v) is 11.2. The van der Waals surface area contributed by atoms with Crippen LogP contribution in [0.2, 0.25) is 0 Å². The molecule has 3 fully saturated rings. The molecule has 1 aliphatic heterocycles. The number of nitrogens with zero attached hydrogens (tertiary/aromatic N) is 4. The molecule has 5 heteroatoms. The van der Waals surface area contributed by atoms with Crippen LogP contribution in [0.25, 0.3) is 11.2 Å². The van der Waals surface area contributed by atoms with Crippen molar-refractivity contribution in [1.82, 2.24) is 19.4 Å². The molecule has 7 atom stereocenters. The number of carbonyl (C=O) groups is 1. The molecule has 0 saturated heterocycles. The fourth-order valence-electron chi connectivity index (χ4n) is 8.52. The minimum absolute atomic E-state index is 0.118. The second-order valence-electron chi connectivity index (χ2n) is 11.2. The Hall–Kier alpha value is -2.17. The van der Waals surface area contributed by atoms with E-state index >= 15 is 0 Å². The number of imidazole rings is 1. The van der Waals surface area contributed by atoms with Crippen LogP contribution >= 0.6 is 0 Å². The molecule has 0 aromatic carbocycles. The highest BCUT2D eigenvalue weighted by molar-refractivity contribution is 5.89. The largest absolute Gasteiger partial charge is 0.338 e. The number of carbonyl (C=O) groups excluding carboxylic acids is 1. The molecule has 164 valence electrons. The predicted octanol–water partition coefficient (Wildman–Crippen LogP) is 4.69. The van der Waals surface area contributed by atoms with E-state index in [2.05, 4.69) is 42.6 Å². The maximum Gasteiger partial charge on any atom is 0.246 e. The summed E-state index contributed by atoms with van der Waals surface area (Å²) >= 11 is 0. The quantitative estimate of drug-likeness (QED) is 0.675. The van der Waals surface area contributed by atoms with Gasteiger partial charge in [-0.05, 0) is 79.9 Å². The number of hydrogen-bond acceptors (Lipinski definition) is 3. The Kier molecular flexibility index (Phi) is 4.05. The van der Waals surface area contributed by atoms with Crippen LogP contribution in [0, 0.1) is 28.6 Å². The maximum absolute atomic E-state index is 12.3. The van der Waals surface area contributed by atoms with Gasteiger partial charge in [0.05, 0.1) is 5.52 Å². The molecule has 5 nitrogen and oxygen atoms in total. The third kappa shape index (κ3) is 2.46. The average molecular weight is 419 g/mol. The molecule has 3 aliphatic carbocycles. The zero-order valence-corrected chi connectivity index (χ0v) is 19.2. The summed E-state index contributed by atoms with van der Waals surface area (Å²) in [6, 6.07) is 4.51. The minimum Gasteiger partial charge on any atom is -0.338 e. The zero-order chi connectivity index (χ0) is 21.5. The van der Waals surface area contributed by atoms with Gasteiger partial charge in [0.15, 0.2) is 5.65 Å². The summed E-state index contributed by atoms with van der Waals surface area (Å²) in [6.07, 6.45) is 13.4. The Bertz CT molecular complexity index is 1090. The molecule has 2 aromatic heterocycles. The molecule has 5 unspecified atom stereocenters. The van der Waals surface area contributed by atoms with E-state index in [1.807, 2.05) is 30.3 Å². The Morgan fingerprint density at radius 3 is 2.71 bits per heavy atom. The zero-order valence-electron chi connectivity index (χ0n) is 19.2. The molecule has 31 heavy (non-hydrogen) atoms. The summed E-state index contributed by atoms with van der Waals surface area (Å²) < 4.78 is 2.30. The molecule has 0 radical (unpaired) electrons. The van der Waals surface area contributed by atoms with Crippen molar-refractivity contribution in [2.24, 2.45) is 35.6 Å². The number of pyridine rings is 1. The smallest absolute Gasteiger partial charge is 0.246 e. The first-order chi connectivity index (χ1) is 14.8. The third-order valence-electron chi connectivity index (χ3n) is 10.1. The van der Waals surface area contributed by atoms with Crippen LogP contribution in [0.1, 0.15) is 64.1 Å². The van der Waals surface area contributed by atoms with Crippen LogP contribution in [0.15, 0.2) is 30.5 Å². The molecule has 0 spiro atoms. The number of likely N-dealkylation sites (N-methyl/N-ethyl adjacent to an activating group) is 1. The van der Waals surface area contributed by atoms with Crippen molar-refractivity contribution in [2.75, 3.05) is 7.05 Å². The van der Waals surface area contributed by atoms with Gasteiger partial charge < -0.3 is 9.47 Å². The van der Waals surface area contributed by atoms with E-state index < -0.39 is 0 Å². The lowest BCUT2D eigenvalue weighted by Gasteiger charge is -2.60. The molecule has 4 aliphatic rings. The maximum atomic E-state index is 12.3. The van der Waals surface area contributed by atoms with Crippen LogP contribution in [-0.2, 0) is 11.8 Å². The van der Waals surface area contributed by atoms with Crippen molar-refractivity contribution < 1.29 is 4.79 Å². The van der Waals surface area contributed by atoms with Crippen LogP contribution in [0.3, 0.4) is 0 Å². The average Bonchev–Trinajstić information content (AvgIpc) is 3.28. The van der Waals surface area contributed by atoms with Crippen LogP contribution < -0.4 is 0 Å². The van der Waals surface area contributed by atoms with Gasteiger partial charge in [-0.3, -0.25) is 4.79 Å². The molecule has 2 aromatic rings. The van der Waals surface area contributed by atoms with Gasteiger partial charge in [0.25, 0.3) is 0 Å². The Labute approximate surface area is 184 Å². The van der Waals surface area contributed by atoms with Gasteiger partial charge in [0.2, 0.25) is 5.91 Å². The fourth-order valence-corrected chi connectivity index (χ4v) is 8.52. The molecule has 1 amide bonds. The van der Waals surface area contributed by atoms with Crippen LogP contribution in [0.4, 0.5) is 0 Å². The van der Waals surface area contributed by atoms with Gasteiger partial charge in [-0.1, -0.05) is 19.9 Å². The summed E-state index contributed by atoms with van der Waals surface area (Å²) in [5, 5.41) is 0. The van der Waals surface area contributed by atoms with E-state index in [0.29, 0.717) is 23.3 Å². The number of aryl methyl sites for hydroxylation is 1. The lowest BCUT2D eigenvalue weighted by molar-refractivity contribution is -0.138. The minimum atomic E-state index is 0.118. The summed E-state index contributed by atoms with van der Waals surface area (Å²) in [6.45, 7) is 4.99. The first-order valence-corrected chi connectivity index (χ1v) is 12.1. The van der Waals surface area contributed by atoms with E-state index in [9.17, 15) is 4.79 Å². The van der Waals surface area contributed by atoms with Gasteiger partial charge in [-0.2, -0.15) is 0 Å². The highest BCUT2D eigenvalue weighted by Gasteiger charge is 2.61. The van der Waals surface area contributed by atoms with E-state index in [1.165, 1.54) is 37.9 Å². The Morgan fingerprint density at radius 2 is 1.90 bits per heavy atom. The van der Waals surface area contributed by atoms with Gasteiger partial charge in [-0.25, -0.2) is 9.97 Å². The Balaban J connectivity index is 1.35. The van der Waals surface area contributed by atoms with E-state index in [4.69, 9.17) is 4.98 Å². The van der Waals surface area contributed by atoms with Crippen LogP contribution in [-0.4, -0.2) is 38.4 Å². The monoisotopic (exact) mass is 418 g/mol. The number of rotatable bonds is 1. The number of aromatic nitrogens is 3. The predicted molar refractivity (Wildman–Crippen MR) is 121 cm³/mol. The topological polar surface area (TPSA) is 51.0 Å². The first kappa shape index (κ1) is 19.5. The van der Waals surface area contributed by atoms with Crippen molar-refractivity contribution in [3.63, 3.8) is 0 Å². The van der Waals surface area contributed by atoms with Crippen molar-refractivity contribution >= 4 is 17.1 Å². The van der Waals surface area contributed by atoms with Crippen molar-refractivity contribution in [1.29, 1.82) is 0 Å². The highest BCUT2D eigenvalue weighted by atomic mass is 16.2. The molecule has 0 N–H and O–H groups in total. The summed E-state index contributed by atoms with van der Waals surface area (Å²) in [5.74, 6) is 4.10. The van der Waals surface area contributed by atoms with E-state index in [0.717, 1.165) is 29.4 Å². The third-order valence-corrected chi connectivity index (χ3v) is 10.1. The Morgan fingerprint density at radius 1 is 1.06 bits per heavy atom. The highest BCUT2D eigenvalue weighted by Crippen LogP contribution is 2.67. The number of hydrogen-bond donors (Lipinski definition) is 0. The fraction of sp³-hybridized carbons (Fsp3) is 0.654. The summed E-state index contributed by atoms with van der Waals surface area (Å²) in [4.78, 5) is 23.9. The summed E-state index contributed by atoms with van der Waals surface area (Å²) in [5.41, 5.74) is 2.45.